The highest BCUT2D eigenvalue weighted by atomic mass is 35.5. The summed E-state index contributed by atoms with van der Waals surface area (Å²) in [5, 5.41) is 0. The van der Waals surface area contributed by atoms with Gasteiger partial charge in [0, 0.05) is 19.1 Å². The van der Waals surface area contributed by atoms with Crippen molar-refractivity contribution in [2.24, 2.45) is 23.0 Å². The first-order valence-electron chi connectivity index (χ1n) is 8.83. The molecule has 5 atom stereocenters. The van der Waals surface area contributed by atoms with E-state index in [1.165, 1.54) is 4.90 Å². The number of likely N-dealkylation sites (tertiary alicyclic amines) is 2. The van der Waals surface area contributed by atoms with Gasteiger partial charge in [-0.15, -0.1) is 12.4 Å². The highest BCUT2D eigenvalue weighted by molar-refractivity contribution is 6.08. The summed E-state index contributed by atoms with van der Waals surface area (Å²) in [5.74, 6) is -1.34. The van der Waals surface area contributed by atoms with Gasteiger partial charge in [-0.2, -0.15) is 0 Å². The number of hydrogen-bond acceptors (Lipinski definition) is 5. The Morgan fingerprint density at radius 1 is 1.16 bits per heavy atom. The lowest BCUT2D eigenvalue weighted by molar-refractivity contribution is -0.149. The van der Waals surface area contributed by atoms with Crippen LogP contribution in [0.4, 0.5) is 0 Å². The van der Waals surface area contributed by atoms with Crippen LogP contribution in [0.15, 0.2) is 0 Å². The van der Waals surface area contributed by atoms with Gasteiger partial charge < -0.3 is 15.4 Å². The minimum atomic E-state index is -0.365. The molecule has 8 heteroatoms. The zero-order chi connectivity index (χ0) is 17.2. The summed E-state index contributed by atoms with van der Waals surface area (Å²) in [4.78, 5) is 40.8. The van der Waals surface area contributed by atoms with Gasteiger partial charge in [0.25, 0.3) is 0 Å². The molecule has 4 fully saturated rings. The van der Waals surface area contributed by atoms with Crippen molar-refractivity contribution in [3.8, 4) is 0 Å². The lowest BCUT2D eigenvalue weighted by Crippen LogP contribution is -2.56. The summed E-state index contributed by atoms with van der Waals surface area (Å²) in [7, 11) is 0. The highest BCUT2D eigenvalue weighted by Crippen LogP contribution is 2.48. The van der Waals surface area contributed by atoms with Gasteiger partial charge in [0.2, 0.25) is 17.7 Å². The molecule has 4 aliphatic rings. The standard InChI is InChI=1S/C17H25N3O4.ClH/c1-17(2)8-19(6-5-11(17)18)12(21)7-20-15(22)13-9-3-4-10(24-9)14(13)16(20)23;/h9-11,13-14H,3-8,18H2,1-2H3;1H. The molecule has 0 spiro atoms. The quantitative estimate of drug-likeness (QED) is 0.698. The second-order valence-electron chi connectivity index (χ2n) is 8.30. The number of imide groups is 1. The van der Waals surface area contributed by atoms with Crippen molar-refractivity contribution in [2.45, 2.75) is 51.4 Å². The molecule has 2 N–H and O–H groups in total. The molecule has 0 aromatic heterocycles. The van der Waals surface area contributed by atoms with E-state index in [1.807, 2.05) is 13.8 Å². The number of hydrogen-bond donors (Lipinski definition) is 1. The summed E-state index contributed by atoms with van der Waals surface area (Å²) in [6.07, 6.45) is 2.14. The number of amides is 3. The summed E-state index contributed by atoms with van der Waals surface area (Å²) < 4.78 is 5.71. The summed E-state index contributed by atoms with van der Waals surface area (Å²) in [5.41, 5.74) is 5.96. The zero-order valence-corrected chi connectivity index (χ0v) is 15.5. The molecule has 7 nitrogen and oxygen atoms in total. The molecule has 0 aliphatic carbocycles. The van der Waals surface area contributed by atoms with Gasteiger partial charge in [-0.25, -0.2) is 0 Å². The van der Waals surface area contributed by atoms with Gasteiger partial charge >= 0.3 is 0 Å². The van der Waals surface area contributed by atoms with E-state index in [-0.39, 0.29) is 72.2 Å². The van der Waals surface area contributed by atoms with E-state index in [4.69, 9.17) is 10.5 Å². The van der Waals surface area contributed by atoms with Crippen LogP contribution in [0.2, 0.25) is 0 Å². The number of rotatable bonds is 2. The molecular formula is C17H26ClN3O4. The van der Waals surface area contributed by atoms with Gasteiger partial charge in [0.15, 0.2) is 0 Å². The van der Waals surface area contributed by atoms with Crippen molar-refractivity contribution in [1.29, 1.82) is 0 Å². The molecule has 4 aliphatic heterocycles. The van der Waals surface area contributed by atoms with Crippen molar-refractivity contribution in [2.75, 3.05) is 19.6 Å². The predicted octanol–water partition coefficient (Wildman–Crippen LogP) is 0.156. The molecule has 4 saturated heterocycles. The summed E-state index contributed by atoms with van der Waals surface area (Å²) in [6, 6.07) is 0.0590. The molecule has 4 rings (SSSR count). The topological polar surface area (TPSA) is 92.9 Å². The summed E-state index contributed by atoms with van der Waals surface area (Å²) in [6.45, 7) is 5.09. The number of fused-ring (bicyclic) bond motifs is 5. The number of piperidine rings is 1. The number of carbonyl (C=O) groups is 3. The van der Waals surface area contributed by atoms with Crippen LogP contribution in [0.5, 0.6) is 0 Å². The fourth-order valence-electron chi connectivity index (χ4n) is 4.75. The Labute approximate surface area is 153 Å². The minimum absolute atomic E-state index is 0. The monoisotopic (exact) mass is 371 g/mol. The Balaban J connectivity index is 0.00000182. The van der Waals surface area contributed by atoms with Crippen molar-refractivity contribution in [3.05, 3.63) is 0 Å². The maximum Gasteiger partial charge on any atom is 0.242 e. The molecule has 0 saturated carbocycles. The predicted molar refractivity (Wildman–Crippen MR) is 91.8 cm³/mol. The van der Waals surface area contributed by atoms with Crippen molar-refractivity contribution >= 4 is 30.1 Å². The second-order valence-corrected chi connectivity index (χ2v) is 8.30. The third kappa shape index (κ3) is 2.76. The van der Waals surface area contributed by atoms with Gasteiger partial charge in [0.05, 0.1) is 24.0 Å². The van der Waals surface area contributed by atoms with E-state index < -0.39 is 0 Å². The Morgan fingerprint density at radius 3 is 2.24 bits per heavy atom. The van der Waals surface area contributed by atoms with E-state index in [0.29, 0.717) is 13.1 Å². The number of ether oxygens (including phenoxy) is 1. The zero-order valence-electron chi connectivity index (χ0n) is 14.6. The smallest absolute Gasteiger partial charge is 0.242 e. The fraction of sp³-hybridized carbons (Fsp3) is 0.824. The van der Waals surface area contributed by atoms with Crippen LogP contribution in [-0.4, -0.2) is 65.4 Å². The molecule has 0 aromatic carbocycles. The highest BCUT2D eigenvalue weighted by Gasteiger charge is 2.62. The fourth-order valence-corrected chi connectivity index (χ4v) is 4.75. The van der Waals surface area contributed by atoms with Crippen molar-refractivity contribution in [3.63, 3.8) is 0 Å². The minimum Gasteiger partial charge on any atom is -0.373 e. The normalized spacial score (nSPS) is 38.8. The third-order valence-corrected chi connectivity index (χ3v) is 6.33. The first-order chi connectivity index (χ1) is 11.3. The van der Waals surface area contributed by atoms with Crippen LogP contribution >= 0.6 is 12.4 Å². The van der Waals surface area contributed by atoms with Gasteiger partial charge in [0.1, 0.15) is 6.54 Å². The number of nitrogens with zero attached hydrogens (tertiary/aromatic N) is 2. The maximum atomic E-state index is 12.6. The number of halogens is 1. The van der Waals surface area contributed by atoms with E-state index in [2.05, 4.69) is 0 Å². The Hall–Kier alpha value is -1.18. The van der Waals surface area contributed by atoms with Gasteiger partial charge in [-0.3, -0.25) is 19.3 Å². The van der Waals surface area contributed by atoms with Crippen LogP contribution < -0.4 is 5.73 Å². The molecule has 5 unspecified atom stereocenters. The maximum absolute atomic E-state index is 12.6. The Kier molecular flexibility index (Phi) is 4.62. The molecule has 4 heterocycles. The third-order valence-electron chi connectivity index (χ3n) is 6.33. The Morgan fingerprint density at radius 2 is 1.72 bits per heavy atom. The molecule has 0 radical (unpaired) electrons. The van der Waals surface area contributed by atoms with E-state index in [1.54, 1.807) is 4.90 Å². The van der Waals surface area contributed by atoms with Crippen LogP contribution in [0.3, 0.4) is 0 Å². The van der Waals surface area contributed by atoms with Crippen molar-refractivity contribution in [1.82, 2.24) is 9.80 Å². The van der Waals surface area contributed by atoms with Crippen LogP contribution in [0, 0.1) is 17.3 Å². The number of nitrogens with two attached hydrogens (primary N) is 1. The largest absolute Gasteiger partial charge is 0.373 e. The second kappa shape index (κ2) is 6.21. The average Bonchev–Trinajstić information content (AvgIpc) is 3.19. The molecule has 140 valence electrons. The Bertz CT molecular complexity index is 583. The molecule has 0 aromatic rings. The number of carbonyl (C=O) groups excluding carboxylic acids is 3. The lowest BCUT2D eigenvalue weighted by Gasteiger charge is -2.42. The van der Waals surface area contributed by atoms with E-state index in [9.17, 15) is 14.4 Å². The van der Waals surface area contributed by atoms with Crippen LogP contribution in [0.1, 0.15) is 33.1 Å². The van der Waals surface area contributed by atoms with Gasteiger partial charge in [-0.05, 0) is 24.7 Å². The average molecular weight is 372 g/mol. The van der Waals surface area contributed by atoms with Crippen LogP contribution in [0.25, 0.3) is 0 Å². The summed E-state index contributed by atoms with van der Waals surface area (Å²) >= 11 is 0. The van der Waals surface area contributed by atoms with E-state index >= 15 is 0 Å². The molecular weight excluding hydrogens is 346 g/mol. The van der Waals surface area contributed by atoms with E-state index in [0.717, 1.165) is 19.3 Å². The molecule has 2 bridgehead atoms. The first-order valence-corrected chi connectivity index (χ1v) is 8.83. The molecule has 3 amide bonds. The molecule has 25 heavy (non-hydrogen) atoms. The lowest BCUT2D eigenvalue weighted by atomic mass is 9.79. The first kappa shape index (κ1) is 18.6. The van der Waals surface area contributed by atoms with Crippen molar-refractivity contribution < 1.29 is 19.1 Å². The van der Waals surface area contributed by atoms with Gasteiger partial charge in [-0.1, -0.05) is 13.8 Å². The van der Waals surface area contributed by atoms with Crippen LogP contribution in [-0.2, 0) is 19.1 Å². The SMILES string of the molecule is CC1(C)CN(C(=O)CN2C(=O)C3C4CCC(O4)C3C2=O)CCC1N.Cl.